The Morgan fingerprint density at radius 1 is 1.23 bits per heavy atom. The molecule has 26 heavy (non-hydrogen) atoms. The Kier molecular flexibility index (Phi) is 5.26. The van der Waals surface area contributed by atoms with E-state index in [4.69, 9.17) is 0 Å². The number of nitrogens with zero attached hydrogens (tertiary/aromatic N) is 5. The average molecular weight is 360 g/mol. The highest BCUT2D eigenvalue weighted by Gasteiger charge is 2.16. The number of benzene rings is 1. The van der Waals surface area contributed by atoms with Gasteiger partial charge in [0.05, 0.1) is 12.2 Å². The number of rotatable bonds is 6. The van der Waals surface area contributed by atoms with Gasteiger partial charge in [-0.05, 0) is 23.8 Å². The van der Waals surface area contributed by atoms with Gasteiger partial charge in [-0.15, -0.1) is 0 Å². The Balaban J connectivity index is 1.54. The van der Waals surface area contributed by atoms with E-state index < -0.39 is 6.55 Å². The van der Waals surface area contributed by atoms with Crippen molar-refractivity contribution in [1.82, 2.24) is 29.5 Å². The van der Waals surface area contributed by atoms with Crippen LogP contribution in [0.2, 0.25) is 0 Å². The first-order valence-corrected chi connectivity index (χ1v) is 7.92. The van der Waals surface area contributed by atoms with Crippen LogP contribution in [0, 0.1) is 0 Å². The largest absolute Gasteiger partial charge is 0.334 e. The smallest absolute Gasteiger partial charge is 0.319 e. The van der Waals surface area contributed by atoms with E-state index in [0.717, 1.165) is 15.8 Å². The van der Waals surface area contributed by atoms with Gasteiger partial charge in [0, 0.05) is 38.4 Å². The SMILES string of the molecule is CN(Cc1nccn1C(F)F)C(=O)NCc1ccc(-n2cccn2)cc1. The van der Waals surface area contributed by atoms with E-state index in [1.54, 1.807) is 10.9 Å². The Labute approximate surface area is 148 Å². The van der Waals surface area contributed by atoms with E-state index in [9.17, 15) is 13.6 Å². The fraction of sp³-hybridized carbons (Fsp3) is 0.235. The highest BCUT2D eigenvalue weighted by Crippen LogP contribution is 2.13. The molecular weight excluding hydrogens is 342 g/mol. The number of aromatic nitrogens is 4. The third kappa shape index (κ3) is 4.05. The maximum atomic E-state index is 12.8. The van der Waals surface area contributed by atoms with Gasteiger partial charge < -0.3 is 10.2 Å². The van der Waals surface area contributed by atoms with Crippen LogP contribution in [0.3, 0.4) is 0 Å². The van der Waals surface area contributed by atoms with E-state index in [1.165, 1.54) is 24.3 Å². The quantitative estimate of drug-likeness (QED) is 0.735. The highest BCUT2D eigenvalue weighted by molar-refractivity contribution is 5.73. The minimum atomic E-state index is -2.68. The molecule has 0 radical (unpaired) electrons. The summed E-state index contributed by atoms with van der Waals surface area (Å²) >= 11 is 0. The zero-order valence-electron chi connectivity index (χ0n) is 14.1. The molecule has 0 atom stereocenters. The van der Waals surface area contributed by atoms with Gasteiger partial charge >= 0.3 is 12.6 Å². The molecule has 0 bridgehead atoms. The summed E-state index contributed by atoms with van der Waals surface area (Å²) in [6.07, 6.45) is 6.01. The molecule has 0 aliphatic heterocycles. The van der Waals surface area contributed by atoms with Crippen LogP contribution in [-0.4, -0.2) is 37.3 Å². The lowest BCUT2D eigenvalue weighted by Crippen LogP contribution is -2.37. The minimum absolute atomic E-state index is 0.0125. The molecule has 9 heteroatoms. The third-order valence-electron chi connectivity index (χ3n) is 3.83. The first-order valence-electron chi connectivity index (χ1n) is 7.92. The summed E-state index contributed by atoms with van der Waals surface area (Å²) in [5.41, 5.74) is 1.83. The number of halogens is 2. The van der Waals surface area contributed by atoms with E-state index in [2.05, 4.69) is 15.4 Å². The van der Waals surface area contributed by atoms with Crippen LogP contribution in [0.5, 0.6) is 0 Å². The minimum Gasteiger partial charge on any atom is -0.334 e. The van der Waals surface area contributed by atoms with Crippen LogP contribution in [0.25, 0.3) is 5.69 Å². The van der Waals surface area contributed by atoms with Crippen molar-refractivity contribution in [3.63, 3.8) is 0 Å². The second-order valence-corrected chi connectivity index (χ2v) is 5.66. The van der Waals surface area contributed by atoms with Crippen LogP contribution in [0.1, 0.15) is 17.9 Å². The number of carbonyl (C=O) groups is 1. The number of amides is 2. The molecule has 0 aliphatic carbocycles. The van der Waals surface area contributed by atoms with Gasteiger partial charge in [-0.25, -0.2) is 14.5 Å². The highest BCUT2D eigenvalue weighted by atomic mass is 19.3. The molecule has 2 heterocycles. The molecule has 136 valence electrons. The Hall–Kier alpha value is -3.23. The fourth-order valence-electron chi connectivity index (χ4n) is 2.43. The van der Waals surface area contributed by atoms with Crippen molar-refractivity contribution < 1.29 is 13.6 Å². The molecule has 0 unspecified atom stereocenters. The van der Waals surface area contributed by atoms with Gasteiger partial charge in [0.15, 0.2) is 0 Å². The van der Waals surface area contributed by atoms with Crippen LogP contribution < -0.4 is 5.32 Å². The zero-order valence-corrected chi connectivity index (χ0v) is 14.1. The van der Waals surface area contributed by atoms with Gasteiger partial charge in [-0.1, -0.05) is 12.1 Å². The predicted molar refractivity (Wildman–Crippen MR) is 90.7 cm³/mol. The standard InChI is InChI=1S/C17H18F2N6O/c1-23(12-15-20-8-10-24(15)16(18)19)17(26)21-11-13-3-5-14(6-4-13)25-9-2-7-22-25/h2-10,16H,11-12H2,1H3,(H,21,26). The first kappa shape index (κ1) is 17.6. The molecule has 7 nitrogen and oxygen atoms in total. The molecule has 2 amide bonds. The lowest BCUT2D eigenvalue weighted by molar-refractivity contribution is 0.0651. The average Bonchev–Trinajstić information content (AvgIpc) is 3.31. The van der Waals surface area contributed by atoms with Crippen molar-refractivity contribution in [1.29, 1.82) is 0 Å². The number of hydrogen-bond acceptors (Lipinski definition) is 3. The molecule has 1 aromatic carbocycles. The van der Waals surface area contributed by atoms with E-state index in [-0.39, 0.29) is 18.4 Å². The predicted octanol–water partition coefficient (Wildman–Crippen LogP) is 2.81. The zero-order chi connectivity index (χ0) is 18.5. The fourth-order valence-corrected chi connectivity index (χ4v) is 2.43. The lowest BCUT2D eigenvalue weighted by Gasteiger charge is -2.18. The molecule has 3 rings (SSSR count). The van der Waals surface area contributed by atoms with Crippen LogP contribution in [0.15, 0.2) is 55.1 Å². The van der Waals surface area contributed by atoms with Crippen molar-refractivity contribution in [3.8, 4) is 5.69 Å². The molecule has 0 saturated heterocycles. The first-order chi connectivity index (χ1) is 12.5. The Morgan fingerprint density at radius 3 is 2.65 bits per heavy atom. The van der Waals surface area contributed by atoms with Crippen molar-refractivity contribution >= 4 is 6.03 Å². The normalized spacial score (nSPS) is 10.9. The molecule has 0 aliphatic rings. The monoisotopic (exact) mass is 360 g/mol. The number of hydrogen-bond donors (Lipinski definition) is 1. The van der Waals surface area contributed by atoms with E-state index in [0.29, 0.717) is 6.54 Å². The number of nitrogens with one attached hydrogen (secondary N) is 1. The third-order valence-corrected chi connectivity index (χ3v) is 3.83. The van der Waals surface area contributed by atoms with E-state index in [1.807, 2.05) is 36.5 Å². The summed E-state index contributed by atoms with van der Waals surface area (Å²) in [4.78, 5) is 17.3. The summed E-state index contributed by atoms with van der Waals surface area (Å²) in [7, 11) is 1.53. The molecular formula is C17H18F2N6O. The summed E-state index contributed by atoms with van der Waals surface area (Å²) in [6, 6.07) is 9.05. The number of carbonyl (C=O) groups excluding carboxylic acids is 1. The van der Waals surface area contributed by atoms with Gasteiger partial charge in [-0.3, -0.25) is 4.57 Å². The molecule has 0 saturated carbocycles. The number of alkyl halides is 2. The summed E-state index contributed by atoms with van der Waals surface area (Å²) in [5, 5.41) is 6.90. The summed E-state index contributed by atoms with van der Waals surface area (Å²) in [6.45, 7) is -2.37. The summed E-state index contributed by atoms with van der Waals surface area (Å²) in [5.74, 6) is 0.126. The van der Waals surface area contributed by atoms with Crippen LogP contribution in [0.4, 0.5) is 13.6 Å². The second-order valence-electron chi connectivity index (χ2n) is 5.66. The van der Waals surface area contributed by atoms with Gasteiger partial charge in [-0.2, -0.15) is 13.9 Å². The maximum absolute atomic E-state index is 12.8. The number of imidazole rings is 1. The van der Waals surface area contributed by atoms with Crippen LogP contribution in [-0.2, 0) is 13.1 Å². The number of urea groups is 1. The molecule has 0 spiro atoms. The second kappa shape index (κ2) is 7.77. The molecule has 1 N–H and O–H groups in total. The van der Waals surface area contributed by atoms with E-state index >= 15 is 0 Å². The maximum Gasteiger partial charge on any atom is 0.319 e. The van der Waals surface area contributed by atoms with Crippen LogP contribution >= 0.6 is 0 Å². The lowest BCUT2D eigenvalue weighted by atomic mass is 10.2. The Bertz CT molecular complexity index is 845. The Morgan fingerprint density at radius 2 is 2.00 bits per heavy atom. The van der Waals surface area contributed by atoms with Gasteiger partial charge in [0.1, 0.15) is 5.82 Å². The summed E-state index contributed by atoms with van der Waals surface area (Å²) < 4.78 is 28.1. The van der Waals surface area contributed by atoms with Crippen molar-refractivity contribution in [3.05, 3.63) is 66.5 Å². The van der Waals surface area contributed by atoms with Gasteiger partial charge in [0.2, 0.25) is 0 Å². The molecule has 0 fully saturated rings. The topological polar surface area (TPSA) is 68.0 Å². The van der Waals surface area contributed by atoms with Gasteiger partial charge in [0.25, 0.3) is 0 Å². The van der Waals surface area contributed by atoms with Crippen molar-refractivity contribution in [2.75, 3.05) is 7.05 Å². The van der Waals surface area contributed by atoms with Crippen molar-refractivity contribution in [2.24, 2.45) is 0 Å². The van der Waals surface area contributed by atoms with Crippen molar-refractivity contribution in [2.45, 2.75) is 19.6 Å². The molecule has 3 aromatic rings. The molecule has 2 aromatic heterocycles.